The first kappa shape index (κ1) is 20.2. The minimum absolute atomic E-state index is 0.146. The fourth-order valence-corrected chi connectivity index (χ4v) is 5.32. The first-order chi connectivity index (χ1) is 12.9. The molecule has 1 amide bonds. The number of carbonyl (C=O) groups excluding carboxylic acids is 1. The molecule has 27 heavy (non-hydrogen) atoms. The summed E-state index contributed by atoms with van der Waals surface area (Å²) in [5.41, 5.74) is 0.757. The van der Waals surface area contributed by atoms with E-state index < -0.39 is 10.0 Å². The summed E-state index contributed by atoms with van der Waals surface area (Å²) in [6.07, 6.45) is 3.26. The van der Waals surface area contributed by atoms with Crippen LogP contribution in [-0.4, -0.2) is 38.0 Å². The molecule has 1 N–H and O–H groups in total. The molecule has 5 nitrogen and oxygen atoms in total. The summed E-state index contributed by atoms with van der Waals surface area (Å²) >= 11 is 7.41. The van der Waals surface area contributed by atoms with Crippen LogP contribution in [0.1, 0.15) is 12.8 Å². The third kappa shape index (κ3) is 4.66. The fraction of sp³-hybridized carbons (Fsp3) is 0.316. The van der Waals surface area contributed by atoms with Gasteiger partial charge in [0.05, 0.1) is 16.5 Å². The molecule has 1 aliphatic rings. The van der Waals surface area contributed by atoms with E-state index in [2.05, 4.69) is 5.32 Å². The zero-order valence-electron chi connectivity index (χ0n) is 14.9. The van der Waals surface area contributed by atoms with Crippen molar-refractivity contribution >= 4 is 45.0 Å². The van der Waals surface area contributed by atoms with Crippen LogP contribution >= 0.6 is 23.4 Å². The topological polar surface area (TPSA) is 66.5 Å². The zero-order chi connectivity index (χ0) is 19.4. The van der Waals surface area contributed by atoms with E-state index in [-0.39, 0.29) is 23.3 Å². The molecular formula is C19H21ClN2O3S2. The van der Waals surface area contributed by atoms with Gasteiger partial charge in [0.25, 0.3) is 0 Å². The van der Waals surface area contributed by atoms with Crippen molar-refractivity contribution in [3.8, 4) is 0 Å². The predicted octanol–water partition coefficient (Wildman–Crippen LogP) is 4.10. The van der Waals surface area contributed by atoms with E-state index in [0.717, 1.165) is 10.6 Å². The number of anilines is 1. The lowest BCUT2D eigenvalue weighted by Crippen LogP contribution is -2.43. The summed E-state index contributed by atoms with van der Waals surface area (Å²) < 4.78 is 27.1. The smallest absolute Gasteiger partial charge is 0.243 e. The molecule has 8 heteroatoms. The number of rotatable bonds is 5. The van der Waals surface area contributed by atoms with E-state index in [0.29, 0.717) is 24.4 Å². The van der Waals surface area contributed by atoms with Crippen molar-refractivity contribution in [2.24, 2.45) is 5.92 Å². The van der Waals surface area contributed by atoms with Crippen LogP contribution in [0.15, 0.2) is 58.3 Å². The van der Waals surface area contributed by atoms with Crippen molar-refractivity contribution in [1.29, 1.82) is 0 Å². The normalized spacial score (nSPS) is 18.2. The third-order valence-corrected chi connectivity index (χ3v) is 7.50. The number of hydrogen-bond donors (Lipinski definition) is 1. The summed E-state index contributed by atoms with van der Waals surface area (Å²) in [7, 11) is -3.64. The largest absolute Gasteiger partial charge is 0.325 e. The standard InChI is InChI=1S/C19H21ClN2O3S2/c1-26-18-7-3-2-6-17(18)21-19(23)14-5-4-12-22(13-14)27(24,25)16-10-8-15(20)9-11-16/h2-3,6-11,14H,4-5,12-13H2,1H3,(H,21,23)/t14-/m0/s1. The third-order valence-electron chi connectivity index (χ3n) is 4.57. The van der Waals surface area contributed by atoms with Crippen LogP contribution < -0.4 is 5.32 Å². The fourth-order valence-electron chi connectivity index (χ4n) is 3.11. The van der Waals surface area contributed by atoms with Crippen LogP contribution in [0.3, 0.4) is 0 Å². The molecule has 2 aromatic rings. The zero-order valence-corrected chi connectivity index (χ0v) is 17.3. The van der Waals surface area contributed by atoms with Gasteiger partial charge in [-0.3, -0.25) is 4.79 Å². The van der Waals surface area contributed by atoms with E-state index >= 15 is 0 Å². The van der Waals surface area contributed by atoms with Gasteiger partial charge in [-0.15, -0.1) is 11.8 Å². The van der Waals surface area contributed by atoms with E-state index in [1.54, 1.807) is 23.9 Å². The van der Waals surface area contributed by atoms with E-state index in [1.165, 1.54) is 16.4 Å². The number of hydrogen-bond acceptors (Lipinski definition) is 4. The minimum Gasteiger partial charge on any atom is -0.325 e. The first-order valence-corrected chi connectivity index (χ1v) is 11.7. The first-order valence-electron chi connectivity index (χ1n) is 8.61. The second kappa shape index (κ2) is 8.65. The second-order valence-electron chi connectivity index (χ2n) is 6.35. The highest BCUT2D eigenvalue weighted by Gasteiger charge is 2.33. The van der Waals surface area contributed by atoms with Gasteiger partial charge in [0, 0.05) is 23.0 Å². The molecule has 1 fully saturated rings. The minimum atomic E-state index is -3.64. The highest BCUT2D eigenvalue weighted by atomic mass is 35.5. The van der Waals surface area contributed by atoms with Crippen molar-refractivity contribution in [2.75, 3.05) is 24.7 Å². The average molecular weight is 425 g/mol. The Morgan fingerprint density at radius 2 is 1.89 bits per heavy atom. The molecule has 1 aliphatic heterocycles. The number of amides is 1. The Morgan fingerprint density at radius 1 is 1.19 bits per heavy atom. The Morgan fingerprint density at radius 3 is 2.59 bits per heavy atom. The number of nitrogens with one attached hydrogen (secondary N) is 1. The van der Waals surface area contributed by atoms with Crippen molar-refractivity contribution in [3.63, 3.8) is 0 Å². The summed E-state index contributed by atoms with van der Waals surface area (Å²) in [6, 6.07) is 13.7. The molecule has 0 saturated carbocycles. The van der Waals surface area contributed by atoms with Crippen molar-refractivity contribution in [3.05, 3.63) is 53.6 Å². The van der Waals surface area contributed by atoms with Gasteiger partial charge < -0.3 is 5.32 Å². The maximum absolute atomic E-state index is 12.9. The van der Waals surface area contributed by atoms with Crippen LogP contribution in [-0.2, 0) is 14.8 Å². The molecule has 2 aromatic carbocycles. The van der Waals surface area contributed by atoms with Gasteiger partial charge >= 0.3 is 0 Å². The number of thioether (sulfide) groups is 1. The van der Waals surface area contributed by atoms with Crippen molar-refractivity contribution in [2.45, 2.75) is 22.6 Å². The summed E-state index contributed by atoms with van der Waals surface area (Å²) in [5.74, 6) is -0.525. The Hall–Kier alpha value is -1.54. The lowest BCUT2D eigenvalue weighted by molar-refractivity contribution is -0.120. The Bertz CT molecular complexity index is 917. The number of para-hydroxylation sites is 1. The summed E-state index contributed by atoms with van der Waals surface area (Å²) in [4.78, 5) is 13.9. The lowest BCUT2D eigenvalue weighted by Gasteiger charge is -2.31. The van der Waals surface area contributed by atoms with Crippen LogP contribution in [0.25, 0.3) is 0 Å². The molecule has 0 radical (unpaired) electrons. The van der Waals surface area contributed by atoms with Gasteiger partial charge in [-0.1, -0.05) is 23.7 Å². The van der Waals surface area contributed by atoms with Gasteiger partial charge in [0.2, 0.25) is 15.9 Å². The monoisotopic (exact) mass is 424 g/mol. The molecule has 1 heterocycles. The SMILES string of the molecule is CSc1ccccc1NC(=O)[C@H]1CCCN(S(=O)(=O)c2ccc(Cl)cc2)C1. The molecule has 0 aromatic heterocycles. The van der Waals surface area contributed by atoms with Crippen molar-refractivity contribution < 1.29 is 13.2 Å². The summed E-state index contributed by atoms with van der Waals surface area (Å²) in [5, 5.41) is 3.44. The Labute approximate surface area is 169 Å². The highest BCUT2D eigenvalue weighted by molar-refractivity contribution is 7.98. The molecular weight excluding hydrogens is 404 g/mol. The van der Waals surface area contributed by atoms with Gasteiger partial charge in [-0.05, 0) is 55.5 Å². The Balaban J connectivity index is 1.73. The van der Waals surface area contributed by atoms with Crippen LogP contribution in [0.5, 0.6) is 0 Å². The van der Waals surface area contributed by atoms with Crippen molar-refractivity contribution in [1.82, 2.24) is 4.31 Å². The molecule has 0 bridgehead atoms. The van der Waals surface area contributed by atoms with E-state index in [4.69, 9.17) is 11.6 Å². The highest BCUT2D eigenvalue weighted by Crippen LogP contribution is 2.28. The molecule has 1 atom stereocenters. The molecule has 144 valence electrons. The van der Waals surface area contributed by atoms with E-state index in [1.807, 2.05) is 30.5 Å². The van der Waals surface area contributed by atoms with Crippen LogP contribution in [0.4, 0.5) is 5.69 Å². The number of benzene rings is 2. The number of carbonyl (C=O) groups is 1. The number of piperidine rings is 1. The maximum atomic E-state index is 12.9. The van der Waals surface area contributed by atoms with Gasteiger partial charge in [-0.25, -0.2) is 8.42 Å². The quantitative estimate of drug-likeness (QED) is 0.734. The molecule has 0 spiro atoms. The summed E-state index contributed by atoms with van der Waals surface area (Å²) in [6.45, 7) is 0.592. The predicted molar refractivity (Wildman–Crippen MR) is 110 cm³/mol. The number of sulfonamides is 1. The van der Waals surface area contributed by atoms with Crippen LogP contribution in [0.2, 0.25) is 5.02 Å². The van der Waals surface area contributed by atoms with Crippen LogP contribution in [0, 0.1) is 5.92 Å². The number of nitrogens with zero attached hydrogens (tertiary/aromatic N) is 1. The van der Waals surface area contributed by atoms with E-state index in [9.17, 15) is 13.2 Å². The average Bonchev–Trinajstić information content (AvgIpc) is 2.69. The molecule has 1 saturated heterocycles. The molecule has 0 aliphatic carbocycles. The second-order valence-corrected chi connectivity index (χ2v) is 9.57. The van der Waals surface area contributed by atoms with Gasteiger partial charge in [0.1, 0.15) is 0 Å². The lowest BCUT2D eigenvalue weighted by atomic mass is 9.99. The Kier molecular flexibility index (Phi) is 6.47. The van der Waals surface area contributed by atoms with Gasteiger partial charge in [-0.2, -0.15) is 4.31 Å². The molecule has 3 rings (SSSR count). The maximum Gasteiger partial charge on any atom is 0.243 e. The van der Waals surface area contributed by atoms with Gasteiger partial charge in [0.15, 0.2) is 0 Å². The molecule has 0 unspecified atom stereocenters. The number of halogens is 1.